The predicted molar refractivity (Wildman–Crippen MR) is 152 cm³/mol. The van der Waals surface area contributed by atoms with Crippen LogP contribution in [0.2, 0.25) is 18.1 Å². The van der Waals surface area contributed by atoms with E-state index in [0.717, 1.165) is 23.4 Å². The summed E-state index contributed by atoms with van der Waals surface area (Å²) in [5, 5.41) is 26.9. The summed E-state index contributed by atoms with van der Waals surface area (Å²) in [5.74, 6) is -0.491. The molecule has 1 aromatic carbocycles. The van der Waals surface area contributed by atoms with Crippen molar-refractivity contribution in [2.75, 3.05) is 29.1 Å². The monoisotopic (exact) mass is 555 g/mol. The van der Waals surface area contributed by atoms with E-state index in [9.17, 15) is 14.7 Å². The highest BCUT2D eigenvalue weighted by Crippen LogP contribution is 2.41. The summed E-state index contributed by atoms with van der Waals surface area (Å²) in [7, 11) is -1.88. The van der Waals surface area contributed by atoms with Gasteiger partial charge in [-0.2, -0.15) is 0 Å². The van der Waals surface area contributed by atoms with Gasteiger partial charge < -0.3 is 20.0 Å². The third kappa shape index (κ3) is 5.81. The van der Waals surface area contributed by atoms with Gasteiger partial charge in [0.15, 0.2) is 14.1 Å². The molecule has 4 rings (SSSR count). The molecule has 208 valence electrons. The van der Waals surface area contributed by atoms with Gasteiger partial charge >= 0.3 is 12.2 Å². The Kier molecular flexibility index (Phi) is 7.54. The van der Waals surface area contributed by atoms with Gasteiger partial charge in [0.05, 0.1) is 17.1 Å². The first-order chi connectivity index (χ1) is 18.2. The van der Waals surface area contributed by atoms with Crippen molar-refractivity contribution in [2.45, 2.75) is 52.2 Å². The Morgan fingerprint density at radius 2 is 1.82 bits per heavy atom. The molecule has 0 saturated carbocycles. The molecule has 0 fully saturated rings. The lowest BCUT2D eigenvalue weighted by Crippen LogP contribution is -2.43. The van der Waals surface area contributed by atoms with E-state index in [0.29, 0.717) is 24.1 Å². The SMILES string of the molecule is Cc1c(-c2cc3cc(NC(=O)O)ncc3c(NC(=O)O)c2F)cnc2c1NCC(CO[Si](C)(C)C(C)(C)C)C2. The minimum atomic E-state index is -1.88. The van der Waals surface area contributed by atoms with Crippen molar-refractivity contribution in [3.63, 3.8) is 0 Å². The van der Waals surface area contributed by atoms with E-state index in [1.165, 1.54) is 12.3 Å². The number of rotatable bonds is 6. The van der Waals surface area contributed by atoms with Gasteiger partial charge in [-0.05, 0) is 54.6 Å². The number of fused-ring (bicyclic) bond motifs is 2. The van der Waals surface area contributed by atoms with E-state index < -0.39 is 26.3 Å². The lowest BCUT2D eigenvalue weighted by Gasteiger charge is -2.38. The third-order valence-corrected chi connectivity index (χ3v) is 12.2. The van der Waals surface area contributed by atoms with Crippen LogP contribution in [0.15, 0.2) is 24.5 Å². The molecule has 5 N–H and O–H groups in total. The number of carboxylic acid groups (broad SMARTS) is 2. The van der Waals surface area contributed by atoms with Crippen molar-refractivity contribution < 1.29 is 28.6 Å². The normalized spacial score (nSPS) is 15.4. The molecule has 2 amide bonds. The number of pyridine rings is 2. The number of anilines is 3. The number of aromatic nitrogens is 2. The van der Waals surface area contributed by atoms with Gasteiger partial charge in [-0.3, -0.25) is 15.6 Å². The third-order valence-electron chi connectivity index (χ3n) is 7.67. The van der Waals surface area contributed by atoms with E-state index in [4.69, 9.17) is 9.53 Å². The fourth-order valence-corrected chi connectivity index (χ4v) is 5.53. The lowest BCUT2D eigenvalue weighted by atomic mass is 9.92. The molecular weight excluding hydrogens is 521 g/mol. The molecule has 0 spiro atoms. The standard InChI is InChI=1S/C27H34FN5O5Si/c1-14-18(11-29-20-7-15(10-31-23(14)20)13-38-39(5,6)27(2,3)4)17-8-16-9-21(32-25(34)35)30-12-19(16)24(22(17)28)33-26(36)37/h8-9,11-12,15,31,33H,7,10,13H2,1-6H3,(H,30,32)(H,34,35)(H,36,37). The largest absolute Gasteiger partial charge is 0.465 e. The topological polar surface area (TPSA) is 146 Å². The Bertz CT molecular complexity index is 1460. The van der Waals surface area contributed by atoms with Gasteiger partial charge in [0, 0.05) is 48.0 Å². The summed E-state index contributed by atoms with van der Waals surface area (Å²) in [6.07, 6.45) is 0.804. The quantitative estimate of drug-likeness (QED) is 0.216. The summed E-state index contributed by atoms with van der Waals surface area (Å²) in [6, 6.07) is 2.97. The molecule has 3 aromatic rings. The molecule has 1 unspecified atom stereocenters. The first kappa shape index (κ1) is 28.2. The van der Waals surface area contributed by atoms with Crippen molar-refractivity contribution in [3.8, 4) is 11.1 Å². The molecule has 0 aliphatic carbocycles. The van der Waals surface area contributed by atoms with E-state index in [1.807, 2.05) is 6.92 Å². The van der Waals surface area contributed by atoms with Gasteiger partial charge in [0.2, 0.25) is 0 Å². The number of carbonyl (C=O) groups is 2. The van der Waals surface area contributed by atoms with Crippen LogP contribution in [0.1, 0.15) is 32.0 Å². The first-order valence-electron chi connectivity index (χ1n) is 12.7. The van der Waals surface area contributed by atoms with E-state index in [1.54, 1.807) is 12.3 Å². The minimum absolute atomic E-state index is 0.0294. The maximum Gasteiger partial charge on any atom is 0.410 e. The second kappa shape index (κ2) is 10.4. The molecule has 39 heavy (non-hydrogen) atoms. The molecule has 1 atom stereocenters. The summed E-state index contributed by atoms with van der Waals surface area (Å²) >= 11 is 0. The zero-order valence-electron chi connectivity index (χ0n) is 22.9. The highest BCUT2D eigenvalue weighted by molar-refractivity contribution is 6.74. The van der Waals surface area contributed by atoms with Gasteiger partial charge in [0.1, 0.15) is 5.82 Å². The molecule has 0 saturated heterocycles. The average molecular weight is 556 g/mol. The molecule has 1 aliphatic rings. The Hall–Kier alpha value is -3.77. The second-order valence-corrected chi connectivity index (χ2v) is 16.2. The minimum Gasteiger partial charge on any atom is -0.465 e. The number of amides is 2. The Labute approximate surface area is 227 Å². The van der Waals surface area contributed by atoms with Crippen LogP contribution >= 0.6 is 0 Å². The van der Waals surface area contributed by atoms with Gasteiger partial charge in [-0.1, -0.05) is 20.8 Å². The van der Waals surface area contributed by atoms with Crippen molar-refractivity contribution >= 4 is 48.5 Å². The van der Waals surface area contributed by atoms with Crippen LogP contribution in [0.25, 0.3) is 21.9 Å². The summed E-state index contributed by atoms with van der Waals surface area (Å²) in [6.45, 7) is 14.3. The van der Waals surface area contributed by atoms with Gasteiger partial charge in [0.25, 0.3) is 0 Å². The molecule has 2 aromatic heterocycles. The second-order valence-electron chi connectivity index (χ2n) is 11.4. The van der Waals surface area contributed by atoms with E-state index in [2.05, 4.69) is 59.8 Å². The lowest BCUT2D eigenvalue weighted by molar-refractivity contribution is 0.208. The van der Waals surface area contributed by atoms with E-state index in [-0.39, 0.29) is 33.4 Å². The van der Waals surface area contributed by atoms with Crippen LogP contribution < -0.4 is 16.0 Å². The fraction of sp³-hybridized carbons (Fsp3) is 0.407. The van der Waals surface area contributed by atoms with Crippen LogP contribution in [0, 0.1) is 18.7 Å². The van der Waals surface area contributed by atoms with Gasteiger partial charge in [-0.25, -0.2) is 19.0 Å². The number of hydrogen-bond donors (Lipinski definition) is 5. The van der Waals surface area contributed by atoms with E-state index >= 15 is 4.39 Å². The summed E-state index contributed by atoms with van der Waals surface area (Å²) < 4.78 is 22.2. The van der Waals surface area contributed by atoms with Crippen molar-refractivity contribution in [1.29, 1.82) is 0 Å². The number of nitrogens with zero attached hydrogens (tertiary/aromatic N) is 2. The fourth-order valence-electron chi connectivity index (χ4n) is 4.44. The molecule has 3 heterocycles. The Morgan fingerprint density at radius 3 is 2.46 bits per heavy atom. The smallest absolute Gasteiger partial charge is 0.410 e. The molecule has 12 heteroatoms. The van der Waals surface area contributed by atoms with Crippen LogP contribution in [-0.4, -0.2) is 53.8 Å². The summed E-state index contributed by atoms with van der Waals surface area (Å²) in [4.78, 5) is 31.2. The first-order valence-corrected chi connectivity index (χ1v) is 15.6. The zero-order chi connectivity index (χ0) is 28.7. The van der Waals surface area contributed by atoms with Crippen LogP contribution in [-0.2, 0) is 10.8 Å². The average Bonchev–Trinajstić information content (AvgIpc) is 2.83. The maximum absolute atomic E-state index is 15.8. The Morgan fingerprint density at radius 1 is 1.13 bits per heavy atom. The van der Waals surface area contributed by atoms with Crippen LogP contribution in [0.3, 0.4) is 0 Å². The summed E-state index contributed by atoms with van der Waals surface area (Å²) in [5.41, 5.74) is 2.84. The van der Waals surface area contributed by atoms with Gasteiger partial charge in [-0.15, -0.1) is 0 Å². The molecule has 10 nitrogen and oxygen atoms in total. The van der Waals surface area contributed by atoms with Crippen LogP contribution in [0.5, 0.6) is 0 Å². The van der Waals surface area contributed by atoms with Crippen molar-refractivity contribution in [1.82, 2.24) is 9.97 Å². The molecule has 1 aliphatic heterocycles. The Balaban J connectivity index is 1.70. The predicted octanol–water partition coefficient (Wildman–Crippen LogP) is 6.53. The molecule has 0 bridgehead atoms. The number of benzene rings is 1. The highest BCUT2D eigenvalue weighted by Gasteiger charge is 2.38. The number of halogens is 1. The maximum atomic E-state index is 15.8. The van der Waals surface area contributed by atoms with Crippen molar-refractivity contribution in [3.05, 3.63) is 41.6 Å². The van der Waals surface area contributed by atoms with Crippen molar-refractivity contribution in [2.24, 2.45) is 5.92 Å². The number of nitrogens with one attached hydrogen (secondary N) is 3. The zero-order valence-corrected chi connectivity index (χ0v) is 23.9. The molecule has 0 radical (unpaired) electrons. The number of hydrogen-bond acceptors (Lipinski definition) is 6. The van der Waals surface area contributed by atoms with Crippen LogP contribution in [0.4, 0.5) is 31.2 Å². The highest BCUT2D eigenvalue weighted by atomic mass is 28.4. The molecular formula is C27H34FN5O5Si.